The fraction of sp³-hybridized carbons (Fsp3) is 0.589. The summed E-state index contributed by atoms with van der Waals surface area (Å²) in [6.07, 6.45) is 7.68. The summed E-state index contributed by atoms with van der Waals surface area (Å²) in [7, 11) is 0. The number of phenols is 1. The maximum absolute atomic E-state index is 14.8. The zero-order valence-electron chi connectivity index (χ0n) is 48.6. The number of aromatic hydroxyl groups is 1. The number of nitrogens with one attached hydrogen (secondary N) is 7. The molecule has 29 nitrogen and oxygen atoms in total. The van der Waals surface area contributed by atoms with Crippen molar-refractivity contribution >= 4 is 71.0 Å². The van der Waals surface area contributed by atoms with Gasteiger partial charge in [-0.15, -0.1) is 0 Å². The first-order chi connectivity index (χ1) is 40.4. The number of aromatic nitrogens is 1. The zero-order chi connectivity index (χ0) is 62.6. The van der Waals surface area contributed by atoms with Gasteiger partial charge in [-0.05, 0) is 98.6 Å². The molecule has 29 heteroatoms. The fourth-order valence-electron chi connectivity index (χ4n) is 10.2. The molecule has 1 aromatic heterocycles. The molecule has 0 unspecified atom stereocenters. The Morgan fingerprint density at radius 3 is 1.67 bits per heavy atom. The number of carbonyl (C=O) groups is 10. The van der Waals surface area contributed by atoms with Crippen molar-refractivity contribution in [2.45, 2.75) is 171 Å². The van der Waals surface area contributed by atoms with Gasteiger partial charge in [-0.3, -0.25) is 62.9 Å². The van der Waals surface area contributed by atoms with Crippen molar-refractivity contribution in [2.24, 2.45) is 62.0 Å². The number of rotatable bonds is 35. The molecular weight excluding hydrogens is 1100 g/mol. The molecule has 1 saturated heterocycles. The van der Waals surface area contributed by atoms with E-state index in [1.165, 1.54) is 29.4 Å². The van der Waals surface area contributed by atoms with Crippen molar-refractivity contribution in [1.82, 2.24) is 47.1 Å². The third kappa shape index (κ3) is 24.6. The standard InChI is InChI=1S/C56H88N18O11/c1-32(2)27-40(71-52(83)42(28-33-9-4-3-5-10-33)73-50(81)41(67-46(77)18-21-57)29-34-14-16-36(75)17-15-34)49(80)72-43(30-35-19-24-64-25-20-35)51(82)69-38(12-7-23-66-56(62)63)54(85)74-26-8-13-44(74)53(84)68-37(11-6-22-65-55(60)61)48(79)70-39(47(59)78)31-45(58)76/h14-17,19-20,24-25,32-33,37-44,75H,3-13,18,21-23,26-31,57H2,1-2H3,(H2,58,76)(H2,59,78)(H,67,77)(H,68,84)(H,69,82)(H,70,79)(H,71,83)(H,72,80)(H,73,81)(H4,60,61,65)(H4,62,63,66)/t37-,38-,39-,40-,41-,42-,43-,44-/m0/s1. The minimum absolute atomic E-state index is 0.00637. The van der Waals surface area contributed by atoms with Gasteiger partial charge in [0.15, 0.2) is 11.9 Å². The zero-order valence-corrected chi connectivity index (χ0v) is 48.6. The van der Waals surface area contributed by atoms with Crippen LogP contribution in [0.4, 0.5) is 0 Å². The lowest BCUT2D eigenvalue weighted by Gasteiger charge is -2.31. The first-order valence-corrected chi connectivity index (χ1v) is 28.9. The first-order valence-electron chi connectivity index (χ1n) is 28.9. The third-order valence-corrected chi connectivity index (χ3v) is 14.5. The summed E-state index contributed by atoms with van der Waals surface area (Å²) in [4.78, 5) is 151. The SMILES string of the molecule is CC(C)C[C@H](NC(=O)[C@H](CC1CCCCC1)NC(=O)[C@H](Cc1ccc(O)cc1)NC(=O)CCN)C(=O)N[C@@H](Cc1ccncc1)C(=O)N[C@@H](CCCN=C(N)N)C(=O)N1CCC[C@H]1C(=O)N[C@@H](CCCN=C(N)N)C(=O)N[C@@H](CC(N)=O)C(N)=O. The molecule has 22 N–H and O–H groups in total. The number of guanidine groups is 2. The lowest BCUT2D eigenvalue weighted by molar-refractivity contribution is -0.142. The second kappa shape index (κ2) is 35.5. The Balaban J connectivity index is 1.64. The number of aliphatic imine (C=N–C) groups is 2. The summed E-state index contributed by atoms with van der Waals surface area (Å²) in [5.74, 6) is -8.25. The Kier molecular flexibility index (Phi) is 28.8. The fourth-order valence-corrected chi connectivity index (χ4v) is 10.2. The van der Waals surface area contributed by atoms with E-state index in [9.17, 15) is 53.1 Å². The molecule has 4 rings (SSSR count). The van der Waals surface area contributed by atoms with Crippen molar-refractivity contribution in [3.63, 3.8) is 0 Å². The van der Waals surface area contributed by atoms with Crippen molar-refractivity contribution < 1.29 is 53.1 Å². The van der Waals surface area contributed by atoms with Crippen LogP contribution in [0.15, 0.2) is 58.8 Å². The molecule has 85 heavy (non-hydrogen) atoms. The molecule has 1 saturated carbocycles. The van der Waals surface area contributed by atoms with Crippen molar-refractivity contribution in [2.75, 3.05) is 26.2 Å². The van der Waals surface area contributed by atoms with E-state index in [1.807, 2.05) is 13.8 Å². The predicted octanol–water partition coefficient (Wildman–Crippen LogP) is -3.21. The topological polar surface area (TPSA) is 498 Å². The lowest BCUT2D eigenvalue weighted by Crippen LogP contribution is -2.60. The Bertz CT molecular complexity index is 2630. The molecule has 0 radical (unpaired) electrons. The quantitative estimate of drug-likeness (QED) is 0.0183. The molecule has 0 bridgehead atoms. The van der Waals surface area contributed by atoms with Gasteiger partial charge in [0.2, 0.25) is 59.1 Å². The van der Waals surface area contributed by atoms with Crippen LogP contribution < -0.4 is 77.4 Å². The molecule has 0 spiro atoms. The van der Waals surface area contributed by atoms with Gasteiger partial charge in [0.25, 0.3) is 0 Å². The first kappa shape index (κ1) is 68.9. The van der Waals surface area contributed by atoms with E-state index in [-0.39, 0.29) is 120 Å². The van der Waals surface area contributed by atoms with E-state index in [0.717, 1.165) is 32.1 Å². The molecule has 468 valence electrons. The van der Waals surface area contributed by atoms with Crippen molar-refractivity contribution in [3.8, 4) is 5.75 Å². The maximum atomic E-state index is 14.8. The largest absolute Gasteiger partial charge is 0.508 e. The highest BCUT2D eigenvalue weighted by molar-refractivity contribution is 5.99. The van der Waals surface area contributed by atoms with E-state index < -0.39 is 114 Å². The molecule has 1 aliphatic heterocycles. The maximum Gasteiger partial charge on any atom is 0.245 e. The van der Waals surface area contributed by atoms with Crippen molar-refractivity contribution in [1.29, 1.82) is 0 Å². The summed E-state index contributed by atoms with van der Waals surface area (Å²) in [6, 6.07) is -0.921. The molecule has 2 fully saturated rings. The van der Waals surface area contributed by atoms with Crippen LogP contribution in [-0.4, -0.2) is 160 Å². The van der Waals surface area contributed by atoms with Crippen molar-refractivity contribution in [3.05, 3.63) is 59.9 Å². The van der Waals surface area contributed by atoms with E-state index >= 15 is 0 Å². The average Bonchev–Trinajstić information content (AvgIpc) is 3.76. The number of amides is 10. The predicted molar refractivity (Wildman–Crippen MR) is 315 cm³/mol. The molecule has 2 heterocycles. The Labute approximate surface area is 494 Å². The number of nitrogens with two attached hydrogens (primary N) is 7. The third-order valence-electron chi connectivity index (χ3n) is 14.5. The van der Waals surface area contributed by atoms with E-state index in [2.05, 4.69) is 52.2 Å². The summed E-state index contributed by atoms with van der Waals surface area (Å²) < 4.78 is 0. The number of carbonyl (C=O) groups excluding carboxylic acids is 10. The van der Waals surface area contributed by atoms with Crippen LogP contribution in [0.1, 0.15) is 121 Å². The number of primary amides is 2. The number of hydrogen-bond donors (Lipinski definition) is 15. The molecular formula is C56H88N18O11. The number of benzene rings is 1. The number of hydrogen-bond acceptors (Lipinski definition) is 15. The summed E-state index contributed by atoms with van der Waals surface area (Å²) in [5, 5.41) is 29.0. The Morgan fingerprint density at radius 1 is 0.600 bits per heavy atom. The minimum atomic E-state index is -1.50. The highest BCUT2D eigenvalue weighted by Crippen LogP contribution is 2.28. The number of likely N-dealkylation sites (tertiary alicyclic amines) is 1. The molecule has 2 aliphatic rings. The molecule has 10 amide bonds. The Hall–Kier alpha value is -8.63. The van der Waals surface area contributed by atoms with E-state index in [4.69, 9.17) is 40.1 Å². The van der Waals surface area contributed by atoms with Crippen LogP contribution in [0.3, 0.4) is 0 Å². The average molecular weight is 1190 g/mol. The normalized spacial score (nSPS) is 16.6. The number of nitrogens with zero attached hydrogens (tertiary/aromatic N) is 4. The van der Waals surface area contributed by atoms with Crippen LogP contribution in [0, 0.1) is 11.8 Å². The van der Waals surface area contributed by atoms with Gasteiger partial charge in [-0.25, -0.2) is 0 Å². The van der Waals surface area contributed by atoms with Gasteiger partial charge in [0.1, 0.15) is 54.1 Å². The monoisotopic (exact) mass is 1190 g/mol. The molecule has 1 aliphatic carbocycles. The molecule has 1 aromatic carbocycles. The summed E-state index contributed by atoms with van der Waals surface area (Å²) in [5.41, 5.74) is 39.7. The van der Waals surface area contributed by atoms with Gasteiger partial charge in [0, 0.05) is 57.8 Å². The Morgan fingerprint density at radius 2 is 1.11 bits per heavy atom. The molecule has 2 aromatic rings. The van der Waals surface area contributed by atoms with Crippen LogP contribution in [0.25, 0.3) is 0 Å². The highest BCUT2D eigenvalue weighted by atomic mass is 16.3. The van der Waals surface area contributed by atoms with Gasteiger partial charge in [0.05, 0.1) is 6.42 Å². The van der Waals surface area contributed by atoms with Crippen LogP contribution >= 0.6 is 0 Å². The summed E-state index contributed by atoms with van der Waals surface area (Å²) in [6.45, 7) is 3.86. The van der Waals surface area contributed by atoms with Gasteiger partial charge < -0.3 is 87.4 Å². The summed E-state index contributed by atoms with van der Waals surface area (Å²) >= 11 is 0. The minimum Gasteiger partial charge on any atom is -0.508 e. The van der Waals surface area contributed by atoms with Gasteiger partial charge in [-0.1, -0.05) is 58.1 Å². The smallest absolute Gasteiger partial charge is 0.245 e. The van der Waals surface area contributed by atoms with Crippen LogP contribution in [0.5, 0.6) is 5.75 Å². The number of pyridine rings is 1. The van der Waals surface area contributed by atoms with Gasteiger partial charge >= 0.3 is 0 Å². The van der Waals surface area contributed by atoms with E-state index in [1.54, 1.807) is 24.3 Å². The van der Waals surface area contributed by atoms with Gasteiger partial charge in [-0.2, -0.15) is 0 Å². The second-order valence-corrected chi connectivity index (χ2v) is 22.0. The second-order valence-electron chi connectivity index (χ2n) is 22.0. The highest BCUT2D eigenvalue weighted by Gasteiger charge is 2.41. The molecule has 8 atom stereocenters. The lowest BCUT2D eigenvalue weighted by atomic mass is 9.84. The van der Waals surface area contributed by atoms with Crippen LogP contribution in [-0.2, 0) is 60.8 Å². The van der Waals surface area contributed by atoms with Crippen LogP contribution in [0.2, 0.25) is 0 Å². The van der Waals surface area contributed by atoms with E-state index in [0.29, 0.717) is 17.5 Å². The number of phenolic OH excluding ortho intramolecular Hbond substituents is 1.